The van der Waals surface area contributed by atoms with Gasteiger partial charge in [-0.15, -0.1) is 0 Å². The van der Waals surface area contributed by atoms with E-state index in [0.29, 0.717) is 31.3 Å². The Morgan fingerprint density at radius 1 is 1.11 bits per heavy atom. The largest absolute Gasteiger partial charge is 0.494 e. The van der Waals surface area contributed by atoms with Crippen molar-refractivity contribution in [3.8, 4) is 17.2 Å². The molecule has 1 aliphatic carbocycles. The minimum atomic E-state index is -3.63. The quantitative estimate of drug-likeness (QED) is 0.850. The van der Waals surface area contributed by atoms with Gasteiger partial charge >= 0.3 is 0 Å². The highest BCUT2D eigenvalue weighted by Crippen LogP contribution is 2.40. The summed E-state index contributed by atoms with van der Waals surface area (Å²) in [5.74, 6) is 2.09. The monoisotopic (exact) mass is 389 g/mol. The van der Waals surface area contributed by atoms with Gasteiger partial charge in [-0.2, -0.15) is 0 Å². The third-order valence-electron chi connectivity index (χ3n) is 4.86. The third kappa shape index (κ3) is 3.75. The first kappa shape index (κ1) is 18.1. The molecule has 1 heterocycles. The van der Waals surface area contributed by atoms with E-state index >= 15 is 0 Å². The van der Waals surface area contributed by atoms with E-state index in [9.17, 15) is 8.42 Å². The molecule has 144 valence electrons. The number of nitrogens with one attached hydrogen (secondary N) is 1. The lowest BCUT2D eigenvalue weighted by molar-refractivity contribution is 0.171. The molecule has 0 fully saturated rings. The van der Waals surface area contributed by atoms with Crippen LogP contribution in [0, 0.1) is 0 Å². The van der Waals surface area contributed by atoms with Crippen LogP contribution >= 0.6 is 0 Å². The van der Waals surface area contributed by atoms with Gasteiger partial charge in [0.25, 0.3) is 0 Å². The van der Waals surface area contributed by atoms with Gasteiger partial charge in [-0.25, -0.2) is 13.1 Å². The van der Waals surface area contributed by atoms with Crippen molar-refractivity contribution in [1.29, 1.82) is 0 Å². The zero-order valence-electron chi connectivity index (χ0n) is 15.2. The lowest BCUT2D eigenvalue weighted by atomic mass is 9.88. The van der Waals surface area contributed by atoms with Crippen molar-refractivity contribution < 1.29 is 22.6 Å². The summed E-state index contributed by atoms with van der Waals surface area (Å²) >= 11 is 0. The van der Waals surface area contributed by atoms with Crippen LogP contribution < -0.4 is 18.9 Å². The van der Waals surface area contributed by atoms with Gasteiger partial charge in [-0.1, -0.05) is 0 Å². The smallest absolute Gasteiger partial charge is 0.241 e. The highest BCUT2D eigenvalue weighted by Gasteiger charge is 2.28. The zero-order chi connectivity index (χ0) is 18.9. The van der Waals surface area contributed by atoms with E-state index in [0.717, 1.165) is 36.1 Å². The molecule has 0 saturated heterocycles. The molecule has 7 heteroatoms. The SMILES string of the molecule is CCOc1ccc(S(=O)(=O)NC2CCCc3cc4c(cc32)OCCO4)cc1. The molecule has 0 amide bonds. The molecule has 1 N–H and O–H groups in total. The Morgan fingerprint density at radius 3 is 2.52 bits per heavy atom. The molecule has 2 aliphatic rings. The fourth-order valence-corrected chi connectivity index (χ4v) is 4.85. The third-order valence-corrected chi connectivity index (χ3v) is 6.35. The number of hydrogen-bond acceptors (Lipinski definition) is 5. The van der Waals surface area contributed by atoms with E-state index in [1.165, 1.54) is 0 Å². The first-order valence-corrected chi connectivity index (χ1v) is 10.7. The molecule has 4 rings (SSSR count). The average Bonchev–Trinajstić information content (AvgIpc) is 2.67. The molecule has 1 aliphatic heterocycles. The predicted octanol–water partition coefficient (Wildman–Crippen LogP) is 3.21. The number of ether oxygens (including phenoxy) is 3. The normalized spacial score (nSPS) is 18.6. The van der Waals surface area contributed by atoms with Crippen molar-refractivity contribution in [2.75, 3.05) is 19.8 Å². The molecule has 0 radical (unpaired) electrons. The molecule has 0 saturated carbocycles. The van der Waals surface area contributed by atoms with E-state index in [2.05, 4.69) is 4.72 Å². The van der Waals surface area contributed by atoms with Crippen LogP contribution in [0.4, 0.5) is 0 Å². The lowest BCUT2D eigenvalue weighted by Crippen LogP contribution is -2.31. The molecule has 1 unspecified atom stereocenters. The van der Waals surface area contributed by atoms with Crippen molar-refractivity contribution in [3.05, 3.63) is 47.5 Å². The van der Waals surface area contributed by atoms with Crippen LogP contribution in [0.1, 0.15) is 36.9 Å². The fraction of sp³-hybridized carbons (Fsp3) is 0.400. The van der Waals surface area contributed by atoms with Crippen LogP contribution in [0.3, 0.4) is 0 Å². The maximum Gasteiger partial charge on any atom is 0.241 e. The van der Waals surface area contributed by atoms with Gasteiger partial charge < -0.3 is 14.2 Å². The molecular weight excluding hydrogens is 366 g/mol. The summed E-state index contributed by atoms with van der Waals surface area (Å²) in [7, 11) is -3.63. The lowest BCUT2D eigenvalue weighted by Gasteiger charge is -2.29. The average molecular weight is 389 g/mol. The van der Waals surface area contributed by atoms with Crippen molar-refractivity contribution in [3.63, 3.8) is 0 Å². The molecule has 2 aromatic rings. The topological polar surface area (TPSA) is 73.9 Å². The Bertz CT molecular complexity index is 924. The Hall–Kier alpha value is -2.25. The molecule has 6 nitrogen and oxygen atoms in total. The number of sulfonamides is 1. The van der Waals surface area contributed by atoms with E-state index in [4.69, 9.17) is 14.2 Å². The summed E-state index contributed by atoms with van der Waals surface area (Å²) in [5, 5.41) is 0. The number of hydrogen-bond donors (Lipinski definition) is 1. The van der Waals surface area contributed by atoms with Crippen LogP contribution in [0.2, 0.25) is 0 Å². The predicted molar refractivity (Wildman–Crippen MR) is 101 cm³/mol. The Kier molecular flexibility index (Phi) is 4.97. The summed E-state index contributed by atoms with van der Waals surface area (Å²) in [4.78, 5) is 0.232. The summed E-state index contributed by atoms with van der Waals surface area (Å²) in [6.07, 6.45) is 2.58. The van der Waals surface area contributed by atoms with Crippen LogP contribution in [0.15, 0.2) is 41.3 Å². The molecule has 0 bridgehead atoms. The van der Waals surface area contributed by atoms with Crippen LogP contribution in [0.25, 0.3) is 0 Å². The van der Waals surface area contributed by atoms with E-state index in [1.54, 1.807) is 24.3 Å². The highest BCUT2D eigenvalue weighted by molar-refractivity contribution is 7.89. The van der Waals surface area contributed by atoms with Gasteiger partial charge in [0.15, 0.2) is 11.5 Å². The number of aryl methyl sites for hydroxylation is 1. The standard InChI is InChI=1S/C20H23NO5S/c1-2-24-15-6-8-16(9-7-15)27(22,23)21-18-5-3-4-14-12-19-20(13-17(14)18)26-11-10-25-19/h6-9,12-13,18,21H,2-5,10-11H2,1H3. The first-order chi connectivity index (χ1) is 13.1. The van der Waals surface area contributed by atoms with Gasteiger partial charge in [0, 0.05) is 6.04 Å². The summed E-state index contributed by atoms with van der Waals surface area (Å²) < 4.78 is 45.3. The van der Waals surface area contributed by atoms with E-state index in [-0.39, 0.29) is 10.9 Å². The van der Waals surface area contributed by atoms with Gasteiger partial charge in [-0.05, 0) is 73.7 Å². The summed E-state index contributed by atoms with van der Waals surface area (Å²) in [6, 6.07) is 10.1. The number of rotatable bonds is 5. The second-order valence-corrected chi connectivity index (χ2v) is 8.38. The van der Waals surface area contributed by atoms with E-state index < -0.39 is 10.0 Å². The fourth-order valence-electron chi connectivity index (χ4n) is 3.60. The molecular formula is C20H23NO5S. The Labute approximate surface area is 159 Å². The van der Waals surface area contributed by atoms with Crippen LogP contribution in [-0.4, -0.2) is 28.2 Å². The van der Waals surface area contributed by atoms with Gasteiger partial charge in [0.1, 0.15) is 19.0 Å². The summed E-state index contributed by atoms with van der Waals surface area (Å²) in [6.45, 7) is 3.48. The van der Waals surface area contributed by atoms with Crippen molar-refractivity contribution in [1.82, 2.24) is 4.72 Å². The Morgan fingerprint density at radius 2 is 1.81 bits per heavy atom. The first-order valence-electron chi connectivity index (χ1n) is 9.24. The van der Waals surface area contributed by atoms with Crippen LogP contribution in [0.5, 0.6) is 17.2 Å². The van der Waals surface area contributed by atoms with Gasteiger partial charge in [0.2, 0.25) is 10.0 Å². The van der Waals surface area contributed by atoms with Crippen LogP contribution in [-0.2, 0) is 16.4 Å². The molecule has 2 aromatic carbocycles. The van der Waals surface area contributed by atoms with Gasteiger partial charge in [0.05, 0.1) is 11.5 Å². The number of fused-ring (bicyclic) bond motifs is 2. The van der Waals surface area contributed by atoms with E-state index in [1.807, 2.05) is 19.1 Å². The summed E-state index contributed by atoms with van der Waals surface area (Å²) in [5.41, 5.74) is 2.09. The second-order valence-electron chi connectivity index (χ2n) is 6.67. The molecule has 0 aromatic heterocycles. The molecule has 1 atom stereocenters. The Balaban J connectivity index is 1.59. The minimum Gasteiger partial charge on any atom is -0.494 e. The van der Waals surface area contributed by atoms with Crippen molar-refractivity contribution >= 4 is 10.0 Å². The second kappa shape index (κ2) is 7.40. The maximum atomic E-state index is 12.9. The molecule has 27 heavy (non-hydrogen) atoms. The molecule has 0 spiro atoms. The number of benzene rings is 2. The minimum absolute atomic E-state index is 0.232. The van der Waals surface area contributed by atoms with Gasteiger partial charge in [-0.3, -0.25) is 0 Å². The van der Waals surface area contributed by atoms with Crippen molar-refractivity contribution in [2.24, 2.45) is 0 Å². The maximum absolute atomic E-state index is 12.9. The van der Waals surface area contributed by atoms with Crippen molar-refractivity contribution in [2.45, 2.75) is 37.1 Å². The highest BCUT2D eigenvalue weighted by atomic mass is 32.2. The zero-order valence-corrected chi connectivity index (χ0v) is 16.1.